The summed E-state index contributed by atoms with van der Waals surface area (Å²) in [5.74, 6) is 0.371. The van der Waals surface area contributed by atoms with Crippen LogP contribution >= 0.6 is 0 Å². The molecule has 4 aromatic carbocycles. The third kappa shape index (κ3) is 4.99. The van der Waals surface area contributed by atoms with Gasteiger partial charge in [0.1, 0.15) is 5.82 Å². The summed E-state index contributed by atoms with van der Waals surface area (Å²) < 4.78 is 0. The van der Waals surface area contributed by atoms with Crippen LogP contribution in [0, 0.1) is 0 Å². The minimum atomic E-state index is -0.168. The molecule has 1 aliphatic rings. The third-order valence-electron chi connectivity index (χ3n) is 6.79. The molecule has 0 saturated carbocycles. The molecular weight excluding hydrogens is 474 g/mol. The molecular formula is C31H27N5O2. The fourth-order valence-corrected chi connectivity index (χ4v) is 4.73. The Labute approximate surface area is 220 Å². The number of carbonyl (C=O) groups is 2. The summed E-state index contributed by atoms with van der Waals surface area (Å²) in [7, 11) is 0. The fraction of sp³-hybridized carbons (Fsp3) is 0.129. The van der Waals surface area contributed by atoms with Gasteiger partial charge in [-0.3, -0.25) is 9.59 Å². The molecule has 7 heteroatoms. The second kappa shape index (κ2) is 10.2. The summed E-state index contributed by atoms with van der Waals surface area (Å²) in [5, 5.41) is 5.87. The molecule has 0 radical (unpaired) electrons. The van der Waals surface area contributed by atoms with Gasteiger partial charge in [0.2, 0.25) is 0 Å². The summed E-state index contributed by atoms with van der Waals surface area (Å²) in [6.45, 7) is 2.15. The number of rotatable bonds is 6. The van der Waals surface area contributed by atoms with E-state index < -0.39 is 0 Å². The number of nitrogens with one attached hydrogen (secondary N) is 3. The molecule has 0 spiro atoms. The van der Waals surface area contributed by atoms with Gasteiger partial charge < -0.3 is 20.5 Å². The van der Waals surface area contributed by atoms with Crippen molar-refractivity contribution < 1.29 is 9.59 Å². The van der Waals surface area contributed by atoms with E-state index in [4.69, 9.17) is 0 Å². The lowest BCUT2D eigenvalue weighted by molar-refractivity contribution is 0.101. The fourth-order valence-electron chi connectivity index (χ4n) is 4.73. The maximum atomic E-state index is 12.8. The molecule has 38 heavy (non-hydrogen) atoms. The van der Waals surface area contributed by atoms with Crippen LogP contribution in [0.25, 0.3) is 22.4 Å². The van der Waals surface area contributed by atoms with Crippen LogP contribution in [0.5, 0.6) is 0 Å². The number of imidazole rings is 1. The van der Waals surface area contributed by atoms with E-state index in [-0.39, 0.29) is 11.8 Å². The average Bonchev–Trinajstić information content (AvgIpc) is 3.64. The minimum Gasteiger partial charge on any atom is -0.372 e. The van der Waals surface area contributed by atoms with Gasteiger partial charge in [-0.2, -0.15) is 0 Å². The van der Waals surface area contributed by atoms with E-state index in [0.29, 0.717) is 22.6 Å². The summed E-state index contributed by atoms with van der Waals surface area (Å²) in [6.07, 6.45) is 2.44. The molecule has 2 heterocycles. The van der Waals surface area contributed by atoms with Gasteiger partial charge in [-0.15, -0.1) is 0 Å². The number of para-hydroxylation sites is 1. The minimum absolute atomic E-state index is 0.151. The van der Waals surface area contributed by atoms with Gasteiger partial charge >= 0.3 is 0 Å². The number of H-pyrrole nitrogens is 1. The molecule has 3 N–H and O–H groups in total. The second-order valence-electron chi connectivity index (χ2n) is 9.41. The highest BCUT2D eigenvalue weighted by atomic mass is 16.2. The number of hydrogen-bond donors (Lipinski definition) is 3. The van der Waals surface area contributed by atoms with E-state index >= 15 is 0 Å². The molecule has 1 saturated heterocycles. The maximum Gasteiger partial charge on any atom is 0.255 e. The van der Waals surface area contributed by atoms with Gasteiger partial charge in [-0.05, 0) is 79.6 Å². The maximum absolute atomic E-state index is 12.8. The standard InChI is InChI=1S/C31H27N5O2/c37-30(32-24-6-2-1-3-7-24)22-10-8-21(9-11-22)29-34-27-17-14-25(20-28(27)35-29)33-31(38)23-12-15-26(16-13-23)36-18-4-5-19-36/h1-3,6-17,20H,4-5,18-19H2,(H,32,37)(H,33,38)(H,34,35). The van der Waals surface area contributed by atoms with Crippen molar-refractivity contribution in [1.82, 2.24) is 9.97 Å². The zero-order valence-electron chi connectivity index (χ0n) is 20.8. The first kappa shape index (κ1) is 23.5. The number of hydrogen-bond acceptors (Lipinski definition) is 4. The quantitative estimate of drug-likeness (QED) is 0.253. The lowest BCUT2D eigenvalue weighted by Gasteiger charge is -2.17. The Hall–Kier alpha value is -4.91. The Balaban J connectivity index is 1.14. The molecule has 0 aliphatic carbocycles. The van der Waals surface area contributed by atoms with E-state index in [0.717, 1.165) is 41.1 Å². The number of benzene rings is 4. The number of anilines is 3. The van der Waals surface area contributed by atoms with E-state index in [9.17, 15) is 9.59 Å². The SMILES string of the molecule is O=C(Nc1ccccc1)c1ccc(-c2nc3ccc(NC(=O)c4ccc(N5CCCC5)cc4)cc3[nH]2)cc1. The number of aromatic amines is 1. The molecule has 7 nitrogen and oxygen atoms in total. The van der Waals surface area contributed by atoms with Gasteiger partial charge in [0, 0.05) is 46.8 Å². The molecule has 1 aromatic heterocycles. The van der Waals surface area contributed by atoms with Crippen molar-refractivity contribution in [3.63, 3.8) is 0 Å². The number of fused-ring (bicyclic) bond motifs is 1. The van der Waals surface area contributed by atoms with E-state index in [1.807, 2.05) is 84.9 Å². The largest absolute Gasteiger partial charge is 0.372 e. The summed E-state index contributed by atoms with van der Waals surface area (Å²) in [6, 6.07) is 30.0. The monoisotopic (exact) mass is 501 g/mol. The highest BCUT2D eigenvalue weighted by molar-refractivity contribution is 6.05. The smallest absolute Gasteiger partial charge is 0.255 e. The molecule has 5 aromatic rings. The summed E-state index contributed by atoms with van der Waals surface area (Å²) >= 11 is 0. The van der Waals surface area contributed by atoms with E-state index in [2.05, 4.69) is 25.5 Å². The van der Waals surface area contributed by atoms with Crippen LogP contribution < -0.4 is 15.5 Å². The first-order valence-corrected chi connectivity index (χ1v) is 12.8. The second-order valence-corrected chi connectivity index (χ2v) is 9.41. The van der Waals surface area contributed by atoms with Gasteiger partial charge in [0.25, 0.3) is 11.8 Å². The Bertz CT molecular complexity index is 1590. The van der Waals surface area contributed by atoms with Gasteiger partial charge in [-0.1, -0.05) is 30.3 Å². The lowest BCUT2D eigenvalue weighted by atomic mass is 10.1. The molecule has 0 bridgehead atoms. The molecule has 1 aliphatic heterocycles. The van der Waals surface area contributed by atoms with Crippen molar-refractivity contribution in [2.75, 3.05) is 28.6 Å². The van der Waals surface area contributed by atoms with Crippen LogP contribution in [0.2, 0.25) is 0 Å². The number of amides is 2. The average molecular weight is 502 g/mol. The predicted molar refractivity (Wildman–Crippen MR) is 152 cm³/mol. The zero-order chi connectivity index (χ0) is 25.9. The van der Waals surface area contributed by atoms with Gasteiger partial charge in [0.15, 0.2) is 0 Å². The highest BCUT2D eigenvalue weighted by Gasteiger charge is 2.14. The summed E-state index contributed by atoms with van der Waals surface area (Å²) in [5.41, 5.74) is 6.25. The topological polar surface area (TPSA) is 90.1 Å². The number of carbonyl (C=O) groups excluding carboxylic acids is 2. The third-order valence-corrected chi connectivity index (χ3v) is 6.79. The van der Waals surface area contributed by atoms with Crippen LogP contribution in [-0.2, 0) is 0 Å². The highest BCUT2D eigenvalue weighted by Crippen LogP contribution is 2.25. The van der Waals surface area contributed by atoms with Crippen LogP contribution in [0.15, 0.2) is 97.1 Å². The molecule has 0 unspecified atom stereocenters. The van der Waals surface area contributed by atoms with Crippen LogP contribution in [0.3, 0.4) is 0 Å². The number of aromatic nitrogens is 2. The Kier molecular flexibility index (Phi) is 6.32. The van der Waals surface area contributed by atoms with E-state index in [1.54, 1.807) is 12.1 Å². The normalized spacial score (nSPS) is 13.0. The van der Waals surface area contributed by atoms with Crippen LogP contribution in [0.1, 0.15) is 33.6 Å². The molecule has 1 fully saturated rings. The number of nitrogens with zero attached hydrogens (tertiary/aromatic N) is 2. The van der Waals surface area contributed by atoms with Crippen molar-refractivity contribution >= 4 is 39.9 Å². The molecule has 2 amide bonds. The van der Waals surface area contributed by atoms with Crippen molar-refractivity contribution in [3.8, 4) is 11.4 Å². The Morgan fingerprint density at radius 1 is 0.711 bits per heavy atom. The Morgan fingerprint density at radius 3 is 2.03 bits per heavy atom. The van der Waals surface area contributed by atoms with Crippen LogP contribution in [-0.4, -0.2) is 34.9 Å². The first-order chi connectivity index (χ1) is 18.6. The van der Waals surface area contributed by atoms with Crippen molar-refractivity contribution in [2.24, 2.45) is 0 Å². The summed E-state index contributed by atoms with van der Waals surface area (Å²) in [4.78, 5) is 35.7. The predicted octanol–water partition coefficient (Wildman–Crippen LogP) is 6.33. The molecule has 0 atom stereocenters. The van der Waals surface area contributed by atoms with Crippen molar-refractivity contribution in [2.45, 2.75) is 12.8 Å². The van der Waals surface area contributed by atoms with Crippen LogP contribution in [0.4, 0.5) is 17.1 Å². The van der Waals surface area contributed by atoms with Crippen molar-refractivity contribution in [1.29, 1.82) is 0 Å². The molecule has 188 valence electrons. The van der Waals surface area contributed by atoms with E-state index in [1.165, 1.54) is 12.8 Å². The molecule has 6 rings (SSSR count). The lowest BCUT2D eigenvalue weighted by Crippen LogP contribution is -2.18. The zero-order valence-corrected chi connectivity index (χ0v) is 20.8. The van der Waals surface area contributed by atoms with Gasteiger partial charge in [0.05, 0.1) is 11.0 Å². The Morgan fingerprint density at radius 2 is 1.34 bits per heavy atom. The van der Waals surface area contributed by atoms with Crippen molar-refractivity contribution in [3.05, 3.63) is 108 Å². The first-order valence-electron chi connectivity index (χ1n) is 12.8. The van der Waals surface area contributed by atoms with Gasteiger partial charge in [-0.25, -0.2) is 4.98 Å².